The molecule has 2 heteroatoms. The van der Waals surface area contributed by atoms with E-state index in [0.29, 0.717) is 23.7 Å². The summed E-state index contributed by atoms with van der Waals surface area (Å²) in [6.07, 6.45) is 0. The minimum absolute atomic E-state index is 0.575. The van der Waals surface area contributed by atoms with E-state index in [1.807, 2.05) is 0 Å². The van der Waals surface area contributed by atoms with Crippen LogP contribution in [0.2, 0.25) is 0 Å². The Balaban J connectivity index is 1.68. The number of hydrogen-bond donors (Lipinski definition) is 0. The largest absolute Gasteiger partial charge is 0.497 e. The Morgan fingerprint density at radius 2 is 1.38 bits per heavy atom. The standard InChI is InChI=1S/C19H20O2/c1-20-15-9-7-14(8-10-15)19-17-12-21-11-16(17)18(19)13-5-3-2-4-6-13/h2-10,16-19H,11-12H2,1H3. The molecule has 2 aliphatic rings. The Morgan fingerprint density at radius 1 is 0.810 bits per heavy atom. The first-order chi connectivity index (χ1) is 10.4. The Kier molecular flexibility index (Phi) is 3.19. The van der Waals surface area contributed by atoms with E-state index in [4.69, 9.17) is 9.47 Å². The van der Waals surface area contributed by atoms with Crippen LogP contribution in [0.1, 0.15) is 23.0 Å². The van der Waals surface area contributed by atoms with Gasteiger partial charge in [-0.1, -0.05) is 42.5 Å². The lowest BCUT2D eigenvalue weighted by molar-refractivity contribution is 0.142. The second kappa shape index (κ2) is 5.19. The van der Waals surface area contributed by atoms with Gasteiger partial charge in [-0.2, -0.15) is 0 Å². The van der Waals surface area contributed by atoms with Crippen molar-refractivity contribution in [2.24, 2.45) is 11.8 Å². The quantitative estimate of drug-likeness (QED) is 0.850. The zero-order valence-corrected chi connectivity index (χ0v) is 12.2. The zero-order valence-electron chi connectivity index (χ0n) is 12.2. The van der Waals surface area contributed by atoms with E-state index in [9.17, 15) is 0 Å². The van der Waals surface area contributed by atoms with Crippen molar-refractivity contribution in [1.29, 1.82) is 0 Å². The summed E-state index contributed by atoms with van der Waals surface area (Å²) < 4.78 is 11.0. The fourth-order valence-corrected chi connectivity index (χ4v) is 4.12. The van der Waals surface area contributed by atoms with Crippen LogP contribution < -0.4 is 4.74 Å². The predicted octanol–water partition coefficient (Wildman–Crippen LogP) is 3.84. The van der Waals surface area contributed by atoms with E-state index in [0.717, 1.165) is 19.0 Å². The van der Waals surface area contributed by atoms with Gasteiger partial charge in [0.15, 0.2) is 0 Å². The highest BCUT2D eigenvalue weighted by atomic mass is 16.5. The maximum Gasteiger partial charge on any atom is 0.118 e. The molecule has 4 atom stereocenters. The third kappa shape index (κ3) is 2.06. The van der Waals surface area contributed by atoms with Crippen molar-refractivity contribution < 1.29 is 9.47 Å². The fraction of sp³-hybridized carbons (Fsp3) is 0.368. The third-order valence-corrected chi connectivity index (χ3v) is 5.17. The van der Waals surface area contributed by atoms with E-state index in [-0.39, 0.29) is 0 Å². The number of benzene rings is 2. The lowest BCUT2D eigenvalue weighted by Gasteiger charge is -2.48. The molecule has 2 aromatic carbocycles. The molecule has 2 nitrogen and oxygen atoms in total. The summed E-state index contributed by atoms with van der Waals surface area (Å²) in [5.41, 5.74) is 2.86. The fourth-order valence-electron chi connectivity index (χ4n) is 4.12. The van der Waals surface area contributed by atoms with Crippen LogP contribution in [0.4, 0.5) is 0 Å². The molecule has 108 valence electrons. The summed E-state index contributed by atoms with van der Waals surface area (Å²) in [5, 5.41) is 0. The minimum Gasteiger partial charge on any atom is -0.497 e. The van der Waals surface area contributed by atoms with Gasteiger partial charge in [0.2, 0.25) is 0 Å². The van der Waals surface area contributed by atoms with Gasteiger partial charge in [0.1, 0.15) is 5.75 Å². The van der Waals surface area contributed by atoms with Crippen LogP contribution in [0.25, 0.3) is 0 Å². The Hall–Kier alpha value is -1.80. The van der Waals surface area contributed by atoms with E-state index in [2.05, 4.69) is 54.6 Å². The van der Waals surface area contributed by atoms with Crippen LogP contribution in [-0.4, -0.2) is 20.3 Å². The molecule has 1 aliphatic carbocycles. The molecule has 0 bridgehead atoms. The van der Waals surface area contributed by atoms with Crippen molar-refractivity contribution in [3.05, 3.63) is 65.7 Å². The van der Waals surface area contributed by atoms with Gasteiger partial charge in [-0.15, -0.1) is 0 Å². The van der Waals surface area contributed by atoms with Gasteiger partial charge in [-0.3, -0.25) is 0 Å². The molecule has 2 fully saturated rings. The zero-order chi connectivity index (χ0) is 14.2. The molecule has 0 aromatic heterocycles. The average Bonchev–Trinajstić information content (AvgIpc) is 2.93. The summed E-state index contributed by atoms with van der Waals surface area (Å²) in [5.74, 6) is 3.44. The number of methoxy groups -OCH3 is 1. The summed E-state index contributed by atoms with van der Waals surface area (Å²) in [6, 6.07) is 19.5. The van der Waals surface area contributed by atoms with Crippen LogP contribution in [-0.2, 0) is 4.74 Å². The van der Waals surface area contributed by atoms with E-state index >= 15 is 0 Å². The molecule has 0 radical (unpaired) electrons. The van der Waals surface area contributed by atoms with Gasteiger partial charge in [0, 0.05) is 0 Å². The van der Waals surface area contributed by atoms with Gasteiger partial charge < -0.3 is 9.47 Å². The molecular weight excluding hydrogens is 260 g/mol. The number of rotatable bonds is 3. The normalized spacial score (nSPS) is 30.5. The van der Waals surface area contributed by atoms with Crippen molar-refractivity contribution in [3.63, 3.8) is 0 Å². The van der Waals surface area contributed by atoms with Crippen LogP contribution >= 0.6 is 0 Å². The molecule has 4 unspecified atom stereocenters. The first-order valence-electron chi connectivity index (χ1n) is 7.65. The minimum atomic E-state index is 0.575. The number of ether oxygens (including phenoxy) is 2. The molecule has 4 rings (SSSR count). The van der Waals surface area contributed by atoms with Crippen molar-refractivity contribution in [1.82, 2.24) is 0 Å². The maximum atomic E-state index is 5.76. The molecule has 1 saturated heterocycles. The van der Waals surface area contributed by atoms with Gasteiger partial charge >= 0.3 is 0 Å². The van der Waals surface area contributed by atoms with Gasteiger partial charge in [-0.25, -0.2) is 0 Å². The maximum absolute atomic E-state index is 5.76. The highest BCUT2D eigenvalue weighted by Crippen LogP contribution is 2.60. The number of hydrogen-bond acceptors (Lipinski definition) is 2. The average molecular weight is 280 g/mol. The summed E-state index contributed by atoms with van der Waals surface area (Å²) >= 11 is 0. The highest BCUT2D eigenvalue weighted by Gasteiger charge is 2.54. The van der Waals surface area contributed by atoms with E-state index in [1.54, 1.807) is 7.11 Å². The smallest absolute Gasteiger partial charge is 0.118 e. The van der Waals surface area contributed by atoms with Gasteiger partial charge in [-0.05, 0) is 46.9 Å². The van der Waals surface area contributed by atoms with Crippen LogP contribution in [0.5, 0.6) is 5.75 Å². The van der Waals surface area contributed by atoms with E-state index in [1.165, 1.54) is 11.1 Å². The number of fused-ring (bicyclic) bond motifs is 1. The molecule has 0 spiro atoms. The Bertz CT molecular complexity index is 605. The highest BCUT2D eigenvalue weighted by molar-refractivity contribution is 5.38. The lowest BCUT2D eigenvalue weighted by Crippen LogP contribution is -2.42. The van der Waals surface area contributed by atoms with Crippen LogP contribution in [0, 0.1) is 11.8 Å². The summed E-state index contributed by atoms with van der Waals surface area (Å²) in [4.78, 5) is 0. The first-order valence-corrected chi connectivity index (χ1v) is 7.65. The van der Waals surface area contributed by atoms with Crippen LogP contribution in [0.3, 0.4) is 0 Å². The van der Waals surface area contributed by atoms with Gasteiger partial charge in [0.05, 0.1) is 20.3 Å². The molecule has 0 amide bonds. The van der Waals surface area contributed by atoms with Gasteiger partial charge in [0.25, 0.3) is 0 Å². The molecule has 1 heterocycles. The summed E-state index contributed by atoms with van der Waals surface area (Å²) in [6.45, 7) is 1.82. The monoisotopic (exact) mass is 280 g/mol. The Labute approximate surface area is 125 Å². The second-order valence-electron chi connectivity index (χ2n) is 6.10. The van der Waals surface area contributed by atoms with Crippen molar-refractivity contribution in [3.8, 4) is 5.75 Å². The second-order valence-corrected chi connectivity index (χ2v) is 6.10. The van der Waals surface area contributed by atoms with Crippen LogP contribution in [0.15, 0.2) is 54.6 Å². The van der Waals surface area contributed by atoms with Crippen molar-refractivity contribution in [2.75, 3.05) is 20.3 Å². The first kappa shape index (κ1) is 12.9. The predicted molar refractivity (Wildman–Crippen MR) is 82.7 cm³/mol. The topological polar surface area (TPSA) is 18.5 Å². The molecule has 1 aliphatic heterocycles. The lowest BCUT2D eigenvalue weighted by atomic mass is 9.54. The molecule has 1 saturated carbocycles. The molecule has 0 N–H and O–H groups in total. The van der Waals surface area contributed by atoms with Crippen molar-refractivity contribution >= 4 is 0 Å². The third-order valence-electron chi connectivity index (χ3n) is 5.17. The molecule has 21 heavy (non-hydrogen) atoms. The van der Waals surface area contributed by atoms with E-state index < -0.39 is 0 Å². The van der Waals surface area contributed by atoms with Crippen molar-refractivity contribution in [2.45, 2.75) is 11.8 Å². The summed E-state index contributed by atoms with van der Waals surface area (Å²) in [7, 11) is 1.71. The molecule has 2 aromatic rings. The molecular formula is C19H20O2. The SMILES string of the molecule is COc1ccc(C2C3COCC3C2c2ccccc2)cc1. The Morgan fingerprint density at radius 3 is 1.95 bits per heavy atom.